The van der Waals surface area contributed by atoms with E-state index in [1.54, 1.807) is 0 Å². The summed E-state index contributed by atoms with van der Waals surface area (Å²) in [6.07, 6.45) is 0. The number of benzene rings is 1. The van der Waals surface area contributed by atoms with Crippen LogP contribution in [0.2, 0.25) is 0 Å². The fraction of sp³-hybridized carbons (Fsp3) is 0.562. The van der Waals surface area contributed by atoms with Gasteiger partial charge in [0, 0.05) is 12.0 Å². The second-order valence-electron chi connectivity index (χ2n) is 6.30. The van der Waals surface area contributed by atoms with Gasteiger partial charge in [-0.2, -0.15) is 0 Å². The van der Waals surface area contributed by atoms with Crippen LogP contribution in [-0.4, -0.2) is 44.7 Å². The minimum Gasteiger partial charge on any atom is -0.380 e. The zero-order valence-corrected chi connectivity index (χ0v) is 12.8. The lowest BCUT2D eigenvalue weighted by atomic mass is 9.88. The molecule has 4 nitrogen and oxygen atoms in total. The Labute approximate surface area is 121 Å². The molecule has 0 bridgehead atoms. The van der Waals surface area contributed by atoms with Crippen LogP contribution in [0, 0.1) is 12.3 Å². The number of nitrogens with one attached hydrogen (secondary N) is 1. The lowest BCUT2D eigenvalue weighted by Gasteiger charge is -2.38. The summed E-state index contributed by atoms with van der Waals surface area (Å²) in [6.45, 7) is 6.30. The summed E-state index contributed by atoms with van der Waals surface area (Å²) in [6, 6.07) is 7.86. The number of hydrogen-bond acceptors (Lipinski definition) is 3. The molecule has 0 saturated carbocycles. The summed E-state index contributed by atoms with van der Waals surface area (Å²) in [5, 5.41) is 3.06. The van der Waals surface area contributed by atoms with E-state index in [1.165, 1.54) is 5.56 Å². The molecule has 0 spiro atoms. The van der Waals surface area contributed by atoms with E-state index < -0.39 is 0 Å². The highest BCUT2D eigenvalue weighted by Crippen LogP contribution is 2.26. The third-order valence-electron chi connectivity index (χ3n) is 3.71. The first kappa shape index (κ1) is 15.0. The second kappa shape index (κ2) is 5.94. The maximum absolute atomic E-state index is 12.5. The van der Waals surface area contributed by atoms with Crippen LogP contribution in [0.3, 0.4) is 0 Å². The molecule has 1 saturated heterocycles. The Bertz CT molecular complexity index is 481. The molecule has 4 heteroatoms. The van der Waals surface area contributed by atoms with Crippen molar-refractivity contribution in [2.45, 2.75) is 19.9 Å². The molecule has 1 heterocycles. The van der Waals surface area contributed by atoms with Crippen LogP contribution in [0.1, 0.15) is 24.1 Å². The van der Waals surface area contributed by atoms with Crippen molar-refractivity contribution in [3.8, 4) is 0 Å². The molecule has 110 valence electrons. The van der Waals surface area contributed by atoms with E-state index in [-0.39, 0.29) is 17.4 Å². The molecule has 1 aromatic rings. The first-order chi connectivity index (χ1) is 9.41. The van der Waals surface area contributed by atoms with E-state index in [9.17, 15) is 4.79 Å². The summed E-state index contributed by atoms with van der Waals surface area (Å²) in [7, 11) is 3.86. The summed E-state index contributed by atoms with van der Waals surface area (Å²) in [5.74, 6) is 0.0497. The lowest BCUT2D eigenvalue weighted by Crippen LogP contribution is -2.50. The average molecular weight is 276 g/mol. The molecule has 20 heavy (non-hydrogen) atoms. The number of hydrogen-bond donors (Lipinski definition) is 1. The number of amides is 1. The van der Waals surface area contributed by atoms with E-state index in [0.29, 0.717) is 6.54 Å². The number of nitrogens with zero attached hydrogens (tertiary/aromatic N) is 1. The van der Waals surface area contributed by atoms with Crippen LogP contribution < -0.4 is 5.32 Å². The summed E-state index contributed by atoms with van der Waals surface area (Å²) in [4.78, 5) is 14.4. The van der Waals surface area contributed by atoms with Crippen molar-refractivity contribution in [3.63, 3.8) is 0 Å². The monoisotopic (exact) mass is 276 g/mol. The minimum absolute atomic E-state index is 0.0497. The molecule has 1 aromatic carbocycles. The number of aryl methyl sites for hydroxylation is 1. The lowest BCUT2D eigenvalue weighted by molar-refractivity contribution is -0.131. The topological polar surface area (TPSA) is 41.6 Å². The van der Waals surface area contributed by atoms with Gasteiger partial charge in [0.05, 0.1) is 13.2 Å². The normalized spacial score (nSPS) is 18.4. The third kappa shape index (κ3) is 3.38. The quantitative estimate of drug-likeness (QED) is 0.891. The predicted octanol–water partition coefficient (Wildman–Crippen LogP) is 1.75. The van der Waals surface area contributed by atoms with Crippen LogP contribution in [0.5, 0.6) is 0 Å². The minimum atomic E-state index is -0.250. The summed E-state index contributed by atoms with van der Waals surface area (Å²) in [5.41, 5.74) is 2.29. The van der Waals surface area contributed by atoms with E-state index in [0.717, 1.165) is 18.8 Å². The molecule has 2 rings (SSSR count). The fourth-order valence-electron chi connectivity index (χ4n) is 2.47. The largest absolute Gasteiger partial charge is 0.380 e. The standard InChI is InChI=1S/C16H24N2O2/c1-12-6-5-7-13(8-12)14(18(3)4)15(19)17-9-16(2)10-20-11-16/h5-8,14H,9-11H2,1-4H3,(H,17,19)/t14-/m0/s1. The van der Waals surface area contributed by atoms with Crippen LogP contribution in [-0.2, 0) is 9.53 Å². The van der Waals surface area contributed by atoms with Crippen molar-refractivity contribution >= 4 is 5.91 Å². The molecule has 1 fully saturated rings. The summed E-state index contributed by atoms with van der Waals surface area (Å²) >= 11 is 0. The summed E-state index contributed by atoms with van der Waals surface area (Å²) < 4.78 is 5.22. The highest BCUT2D eigenvalue weighted by molar-refractivity contribution is 5.83. The van der Waals surface area contributed by atoms with Crippen molar-refractivity contribution in [2.24, 2.45) is 5.41 Å². The second-order valence-corrected chi connectivity index (χ2v) is 6.30. The van der Waals surface area contributed by atoms with E-state index >= 15 is 0 Å². The Hall–Kier alpha value is -1.39. The molecular formula is C16H24N2O2. The smallest absolute Gasteiger partial charge is 0.241 e. The predicted molar refractivity (Wildman–Crippen MR) is 79.5 cm³/mol. The maximum atomic E-state index is 12.5. The molecule has 0 aliphatic carbocycles. The van der Waals surface area contributed by atoms with Crippen LogP contribution >= 0.6 is 0 Å². The molecular weight excluding hydrogens is 252 g/mol. The van der Waals surface area contributed by atoms with Gasteiger partial charge in [0.2, 0.25) is 5.91 Å². The first-order valence-corrected chi connectivity index (χ1v) is 7.00. The highest BCUT2D eigenvalue weighted by Gasteiger charge is 2.34. The van der Waals surface area contributed by atoms with E-state index in [4.69, 9.17) is 4.74 Å². The molecule has 0 aromatic heterocycles. The van der Waals surface area contributed by atoms with Gasteiger partial charge in [-0.1, -0.05) is 36.8 Å². The van der Waals surface area contributed by atoms with Crippen molar-refractivity contribution in [1.29, 1.82) is 0 Å². The molecule has 1 amide bonds. The molecule has 1 aliphatic heterocycles. The molecule has 1 atom stereocenters. The third-order valence-corrected chi connectivity index (χ3v) is 3.71. The zero-order chi connectivity index (χ0) is 14.8. The Morgan fingerprint density at radius 1 is 1.45 bits per heavy atom. The number of likely N-dealkylation sites (N-methyl/N-ethyl adjacent to an activating group) is 1. The molecule has 0 unspecified atom stereocenters. The Balaban J connectivity index is 2.06. The van der Waals surface area contributed by atoms with Crippen molar-refractivity contribution in [1.82, 2.24) is 10.2 Å². The van der Waals surface area contributed by atoms with Gasteiger partial charge in [-0.25, -0.2) is 0 Å². The van der Waals surface area contributed by atoms with Crippen LogP contribution in [0.15, 0.2) is 24.3 Å². The van der Waals surface area contributed by atoms with E-state index in [2.05, 4.69) is 18.3 Å². The number of carbonyl (C=O) groups is 1. The molecule has 1 aliphatic rings. The number of carbonyl (C=O) groups excluding carboxylic acids is 1. The molecule has 1 N–H and O–H groups in total. The van der Waals surface area contributed by atoms with Crippen molar-refractivity contribution in [3.05, 3.63) is 35.4 Å². The Kier molecular flexibility index (Phi) is 4.45. The number of rotatable bonds is 5. The van der Waals surface area contributed by atoms with Gasteiger partial charge in [0.1, 0.15) is 6.04 Å². The Morgan fingerprint density at radius 2 is 2.15 bits per heavy atom. The number of ether oxygens (including phenoxy) is 1. The van der Waals surface area contributed by atoms with Gasteiger partial charge in [-0.15, -0.1) is 0 Å². The van der Waals surface area contributed by atoms with Crippen LogP contribution in [0.4, 0.5) is 0 Å². The van der Waals surface area contributed by atoms with Gasteiger partial charge >= 0.3 is 0 Å². The zero-order valence-electron chi connectivity index (χ0n) is 12.8. The maximum Gasteiger partial charge on any atom is 0.241 e. The van der Waals surface area contributed by atoms with Gasteiger partial charge in [-0.3, -0.25) is 9.69 Å². The van der Waals surface area contributed by atoms with Gasteiger partial charge in [0.25, 0.3) is 0 Å². The van der Waals surface area contributed by atoms with Gasteiger partial charge in [-0.05, 0) is 26.6 Å². The van der Waals surface area contributed by atoms with Gasteiger partial charge in [0.15, 0.2) is 0 Å². The van der Waals surface area contributed by atoms with E-state index in [1.807, 2.05) is 44.1 Å². The van der Waals surface area contributed by atoms with Crippen LogP contribution in [0.25, 0.3) is 0 Å². The fourth-order valence-corrected chi connectivity index (χ4v) is 2.47. The average Bonchev–Trinajstić information content (AvgIpc) is 2.34. The Morgan fingerprint density at radius 3 is 2.65 bits per heavy atom. The van der Waals surface area contributed by atoms with Crippen molar-refractivity contribution < 1.29 is 9.53 Å². The SMILES string of the molecule is Cc1cccc([C@@H](C(=O)NCC2(C)COC2)N(C)C)c1. The molecule has 0 radical (unpaired) electrons. The highest BCUT2D eigenvalue weighted by atomic mass is 16.5. The first-order valence-electron chi connectivity index (χ1n) is 7.00. The van der Waals surface area contributed by atoms with Crippen molar-refractivity contribution in [2.75, 3.05) is 33.9 Å². The van der Waals surface area contributed by atoms with Gasteiger partial charge < -0.3 is 10.1 Å².